The molecule has 1 saturated heterocycles. The molecular weight excluding hydrogens is 383 g/mol. The van der Waals surface area contributed by atoms with E-state index in [2.05, 4.69) is 16.2 Å². The lowest BCUT2D eigenvalue weighted by Gasteiger charge is -2.22. The maximum absolute atomic E-state index is 12.1. The van der Waals surface area contributed by atoms with Crippen LogP contribution in [0.2, 0.25) is 0 Å². The minimum absolute atomic E-state index is 0.0236. The average molecular weight is 401 g/mol. The highest BCUT2D eigenvalue weighted by atomic mass is 19.4. The molecule has 0 bridgehead atoms. The van der Waals surface area contributed by atoms with E-state index >= 15 is 0 Å². The second kappa shape index (κ2) is 10.8. The summed E-state index contributed by atoms with van der Waals surface area (Å²) in [5.74, 6) is -3.02. The fourth-order valence-electron chi connectivity index (χ4n) is 2.12. The number of carboxylic acid groups (broad SMARTS) is 1. The van der Waals surface area contributed by atoms with Gasteiger partial charge in [0.15, 0.2) is 0 Å². The number of nitrogens with two attached hydrogens (primary N) is 1. The van der Waals surface area contributed by atoms with Crippen molar-refractivity contribution in [2.24, 2.45) is 10.9 Å². The third kappa shape index (κ3) is 7.58. The highest BCUT2D eigenvalue weighted by molar-refractivity contribution is 5.82. The van der Waals surface area contributed by atoms with Gasteiger partial charge in [-0.2, -0.15) is 18.4 Å². The third-order valence-corrected chi connectivity index (χ3v) is 3.46. The number of aliphatic carboxylic acids is 1. The molecule has 152 valence electrons. The molecule has 1 fully saturated rings. The number of rotatable bonds is 5. The summed E-state index contributed by atoms with van der Waals surface area (Å²) in [5, 5.41) is 19.8. The van der Waals surface area contributed by atoms with E-state index in [0.717, 1.165) is 12.0 Å². The average Bonchev–Trinajstić information content (AvgIpc) is 3.13. The van der Waals surface area contributed by atoms with E-state index < -0.39 is 18.2 Å². The van der Waals surface area contributed by atoms with Crippen molar-refractivity contribution in [2.75, 3.05) is 13.2 Å². The van der Waals surface area contributed by atoms with Crippen LogP contribution < -0.4 is 5.73 Å². The first kappa shape index (κ1) is 22.8. The van der Waals surface area contributed by atoms with Gasteiger partial charge in [-0.05, 0) is 18.9 Å². The first-order chi connectivity index (χ1) is 13.2. The Labute approximate surface area is 158 Å². The van der Waals surface area contributed by atoms with Crippen LogP contribution in [0.4, 0.5) is 13.2 Å². The molecule has 1 aliphatic rings. The van der Waals surface area contributed by atoms with Gasteiger partial charge >= 0.3 is 12.1 Å². The molecule has 1 aliphatic heterocycles. The van der Waals surface area contributed by atoms with Crippen molar-refractivity contribution < 1.29 is 32.7 Å². The number of carbonyl (C=O) groups is 2. The van der Waals surface area contributed by atoms with Crippen LogP contribution in [0, 0.1) is 11.3 Å². The maximum atomic E-state index is 12.1. The molecule has 1 aromatic heterocycles. The number of carboxylic acids is 1. The van der Waals surface area contributed by atoms with Crippen molar-refractivity contribution in [1.29, 1.82) is 5.26 Å². The van der Waals surface area contributed by atoms with Gasteiger partial charge < -0.3 is 20.6 Å². The van der Waals surface area contributed by atoms with Gasteiger partial charge in [-0.1, -0.05) is 11.2 Å². The van der Waals surface area contributed by atoms with Crippen LogP contribution in [-0.4, -0.2) is 64.5 Å². The van der Waals surface area contributed by atoms with Gasteiger partial charge in [0.2, 0.25) is 5.91 Å². The highest BCUT2D eigenvalue weighted by Crippen LogP contribution is 2.17. The van der Waals surface area contributed by atoms with E-state index in [1.807, 2.05) is 6.07 Å². The molecule has 2 heterocycles. The van der Waals surface area contributed by atoms with Gasteiger partial charge in [-0.3, -0.25) is 9.78 Å². The number of nitriles is 1. The molecule has 2 rings (SSSR count). The predicted octanol–water partition coefficient (Wildman–Crippen LogP) is 0.907. The van der Waals surface area contributed by atoms with Crippen molar-refractivity contribution in [3.8, 4) is 6.07 Å². The Bertz CT molecular complexity index is 721. The Balaban J connectivity index is 0.000000480. The second-order valence-corrected chi connectivity index (χ2v) is 5.54. The first-order valence-electron chi connectivity index (χ1n) is 7.98. The zero-order chi connectivity index (χ0) is 21.2. The maximum Gasteiger partial charge on any atom is 0.490 e. The number of nitrogens with zero attached hydrogens (tertiary/aromatic N) is 4. The normalized spacial score (nSPS) is 17.4. The SMILES string of the molecule is N#C[C@@H]1CCCN1C(=O)[C@@H](N)CON=Cc1cccnc1.O=C(O)C(F)(F)F. The Morgan fingerprint density at radius 3 is 2.79 bits per heavy atom. The van der Waals surface area contributed by atoms with E-state index in [1.54, 1.807) is 18.5 Å². The molecule has 28 heavy (non-hydrogen) atoms. The minimum Gasteiger partial charge on any atom is -0.475 e. The van der Waals surface area contributed by atoms with Gasteiger partial charge in [0.1, 0.15) is 18.7 Å². The molecule has 0 spiro atoms. The number of oxime groups is 1. The lowest BCUT2D eigenvalue weighted by molar-refractivity contribution is -0.192. The van der Waals surface area contributed by atoms with Crippen molar-refractivity contribution in [3.63, 3.8) is 0 Å². The van der Waals surface area contributed by atoms with Gasteiger partial charge in [0.25, 0.3) is 0 Å². The van der Waals surface area contributed by atoms with Crippen molar-refractivity contribution in [2.45, 2.75) is 31.1 Å². The van der Waals surface area contributed by atoms with E-state index in [1.165, 1.54) is 11.1 Å². The molecule has 0 unspecified atom stereocenters. The van der Waals surface area contributed by atoms with Crippen LogP contribution in [0.15, 0.2) is 29.7 Å². The summed E-state index contributed by atoms with van der Waals surface area (Å²) in [6.45, 7) is 0.550. The summed E-state index contributed by atoms with van der Waals surface area (Å²) in [5.41, 5.74) is 6.57. The Hall–Kier alpha value is -3.20. The van der Waals surface area contributed by atoms with E-state index in [4.69, 9.17) is 25.7 Å². The number of likely N-dealkylation sites (tertiary alicyclic amines) is 1. The number of hydrogen-bond donors (Lipinski definition) is 2. The topological polar surface area (TPSA) is 142 Å². The van der Waals surface area contributed by atoms with Crippen LogP contribution in [-0.2, 0) is 14.4 Å². The summed E-state index contributed by atoms with van der Waals surface area (Å²) >= 11 is 0. The van der Waals surface area contributed by atoms with Crippen LogP contribution in [0.3, 0.4) is 0 Å². The largest absolute Gasteiger partial charge is 0.490 e. The smallest absolute Gasteiger partial charge is 0.475 e. The Morgan fingerprint density at radius 1 is 1.57 bits per heavy atom. The summed E-state index contributed by atoms with van der Waals surface area (Å²) in [4.78, 5) is 31.5. The summed E-state index contributed by atoms with van der Waals surface area (Å²) in [6.07, 6.45) is 1.25. The quantitative estimate of drug-likeness (QED) is 0.551. The third-order valence-electron chi connectivity index (χ3n) is 3.46. The lowest BCUT2D eigenvalue weighted by Crippen LogP contribution is -2.47. The van der Waals surface area contributed by atoms with Crippen LogP contribution in [0.1, 0.15) is 18.4 Å². The van der Waals surface area contributed by atoms with Crippen LogP contribution in [0.5, 0.6) is 0 Å². The highest BCUT2D eigenvalue weighted by Gasteiger charge is 2.38. The van der Waals surface area contributed by atoms with Crippen molar-refractivity contribution in [1.82, 2.24) is 9.88 Å². The van der Waals surface area contributed by atoms with Crippen LogP contribution in [0.25, 0.3) is 0 Å². The molecular formula is C16H18F3N5O4. The predicted molar refractivity (Wildman–Crippen MR) is 89.8 cm³/mol. The number of hydrogen-bond acceptors (Lipinski definition) is 7. The summed E-state index contributed by atoms with van der Waals surface area (Å²) < 4.78 is 31.7. The lowest BCUT2D eigenvalue weighted by atomic mass is 10.2. The monoisotopic (exact) mass is 401 g/mol. The van der Waals surface area contributed by atoms with Crippen molar-refractivity contribution >= 4 is 18.1 Å². The zero-order valence-electron chi connectivity index (χ0n) is 14.5. The van der Waals surface area contributed by atoms with Gasteiger partial charge in [-0.15, -0.1) is 0 Å². The molecule has 2 atom stereocenters. The van der Waals surface area contributed by atoms with Gasteiger partial charge in [-0.25, -0.2) is 4.79 Å². The van der Waals surface area contributed by atoms with Gasteiger partial charge in [0.05, 0.1) is 12.3 Å². The van der Waals surface area contributed by atoms with E-state index in [0.29, 0.717) is 13.0 Å². The standard InChI is InChI=1S/C14H17N5O2.C2HF3O2/c15-7-12-4-2-6-19(12)14(20)13(16)10-21-18-9-11-3-1-5-17-8-11;3-2(4,5)1(6)7/h1,3,5,8-9,12-13H,2,4,6,10,16H2;(H,6,7)/t12-,13-;/m0./s1. The van der Waals surface area contributed by atoms with Crippen molar-refractivity contribution in [3.05, 3.63) is 30.1 Å². The molecule has 0 aromatic carbocycles. The van der Waals surface area contributed by atoms with E-state index in [9.17, 15) is 18.0 Å². The summed E-state index contributed by atoms with van der Waals surface area (Å²) in [6, 6.07) is 4.53. The Morgan fingerprint density at radius 2 is 2.25 bits per heavy atom. The molecule has 3 N–H and O–H groups in total. The summed E-state index contributed by atoms with van der Waals surface area (Å²) in [7, 11) is 0. The molecule has 1 amide bonds. The number of halogens is 3. The van der Waals surface area contributed by atoms with Crippen LogP contribution >= 0.6 is 0 Å². The number of aromatic nitrogens is 1. The molecule has 9 nitrogen and oxygen atoms in total. The zero-order valence-corrected chi connectivity index (χ0v) is 14.5. The second-order valence-electron chi connectivity index (χ2n) is 5.54. The fourth-order valence-corrected chi connectivity index (χ4v) is 2.12. The Kier molecular flexibility index (Phi) is 8.83. The molecule has 0 radical (unpaired) electrons. The fraction of sp³-hybridized carbons (Fsp3) is 0.438. The first-order valence-corrected chi connectivity index (χ1v) is 7.98. The molecule has 0 saturated carbocycles. The minimum atomic E-state index is -5.08. The molecule has 0 aliphatic carbocycles. The van der Waals surface area contributed by atoms with E-state index in [-0.39, 0.29) is 18.6 Å². The number of amides is 1. The number of pyridine rings is 1. The van der Waals surface area contributed by atoms with Gasteiger partial charge in [0, 0.05) is 24.5 Å². The molecule has 12 heteroatoms. The molecule has 1 aromatic rings. The number of alkyl halides is 3. The number of carbonyl (C=O) groups excluding carboxylic acids is 1.